The van der Waals surface area contributed by atoms with Crippen molar-refractivity contribution < 1.29 is 0 Å². The van der Waals surface area contributed by atoms with Gasteiger partial charge in [-0.3, -0.25) is 0 Å². The third-order valence-corrected chi connectivity index (χ3v) is 6.48. The summed E-state index contributed by atoms with van der Waals surface area (Å²) in [6, 6.07) is 2.22. The lowest BCUT2D eigenvalue weighted by Crippen LogP contribution is -1.88. The van der Waals surface area contributed by atoms with Crippen LogP contribution in [0.15, 0.2) is 10.5 Å². The molecule has 1 atom stereocenters. The number of halogens is 2. The maximum absolute atomic E-state index is 3.82. The van der Waals surface area contributed by atoms with Gasteiger partial charge < -0.3 is 0 Å². The molecule has 0 nitrogen and oxygen atoms in total. The van der Waals surface area contributed by atoms with E-state index in [9.17, 15) is 0 Å². The molecule has 1 rings (SSSR count). The molecule has 1 unspecified atom stereocenters. The van der Waals surface area contributed by atoms with E-state index in [1.165, 1.54) is 65.6 Å². The van der Waals surface area contributed by atoms with Gasteiger partial charge in [-0.1, -0.05) is 67.8 Å². The molecule has 104 valence electrons. The fourth-order valence-corrected chi connectivity index (χ4v) is 5.22. The van der Waals surface area contributed by atoms with Gasteiger partial charge in [0.15, 0.2) is 0 Å². The second-order valence-electron chi connectivity index (χ2n) is 4.95. The second-order valence-corrected chi connectivity index (χ2v) is 8.19. The van der Waals surface area contributed by atoms with E-state index in [0.29, 0.717) is 4.83 Å². The minimum absolute atomic E-state index is 0.529. The van der Waals surface area contributed by atoms with E-state index in [0.717, 1.165) is 0 Å². The van der Waals surface area contributed by atoms with Crippen LogP contribution >= 0.6 is 43.2 Å². The zero-order valence-electron chi connectivity index (χ0n) is 11.5. The minimum Gasteiger partial charge on any atom is -0.143 e. The van der Waals surface area contributed by atoms with Crippen LogP contribution < -0.4 is 0 Å². The first kappa shape index (κ1) is 16.7. The summed E-state index contributed by atoms with van der Waals surface area (Å²) in [5.41, 5.74) is 0. The van der Waals surface area contributed by atoms with Gasteiger partial charge in [-0.15, -0.1) is 11.3 Å². The van der Waals surface area contributed by atoms with E-state index in [1.807, 2.05) is 11.3 Å². The van der Waals surface area contributed by atoms with Crippen molar-refractivity contribution in [2.24, 2.45) is 0 Å². The average molecular weight is 396 g/mol. The molecular weight excluding hydrogens is 372 g/mol. The number of hydrogen-bond acceptors (Lipinski definition) is 1. The molecule has 0 spiro atoms. The van der Waals surface area contributed by atoms with Crippen molar-refractivity contribution in [1.82, 2.24) is 0 Å². The molecule has 0 N–H and O–H groups in total. The largest absolute Gasteiger partial charge is 0.143 e. The van der Waals surface area contributed by atoms with Gasteiger partial charge in [0.2, 0.25) is 0 Å². The first-order valence-electron chi connectivity index (χ1n) is 7.05. The zero-order chi connectivity index (χ0) is 13.4. The Labute approximate surface area is 133 Å². The van der Waals surface area contributed by atoms with Crippen LogP contribution in [0, 0.1) is 6.92 Å². The molecule has 0 aliphatic carbocycles. The van der Waals surface area contributed by atoms with E-state index >= 15 is 0 Å². The number of unbranched alkanes of at least 4 members (excludes halogenated alkanes) is 6. The summed E-state index contributed by atoms with van der Waals surface area (Å²) in [4.78, 5) is 3.38. The lowest BCUT2D eigenvalue weighted by Gasteiger charge is -2.08. The third-order valence-electron chi connectivity index (χ3n) is 3.18. The van der Waals surface area contributed by atoms with Crippen molar-refractivity contribution in [3.63, 3.8) is 0 Å². The van der Waals surface area contributed by atoms with E-state index in [-0.39, 0.29) is 0 Å². The molecule has 0 amide bonds. The fraction of sp³-hybridized carbons (Fsp3) is 0.733. The molecule has 1 heterocycles. The van der Waals surface area contributed by atoms with E-state index in [1.54, 1.807) is 0 Å². The summed E-state index contributed by atoms with van der Waals surface area (Å²) in [6.45, 7) is 4.45. The van der Waals surface area contributed by atoms with Gasteiger partial charge in [-0.2, -0.15) is 0 Å². The number of rotatable bonds is 9. The molecule has 0 aliphatic heterocycles. The number of hydrogen-bond donors (Lipinski definition) is 0. The topological polar surface area (TPSA) is 0 Å². The van der Waals surface area contributed by atoms with Crippen molar-refractivity contribution in [2.75, 3.05) is 0 Å². The average Bonchev–Trinajstić information content (AvgIpc) is 2.67. The first-order chi connectivity index (χ1) is 8.65. The summed E-state index contributed by atoms with van der Waals surface area (Å²) in [5.74, 6) is 0. The predicted molar refractivity (Wildman–Crippen MR) is 91.0 cm³/mol. The molecular formula is C15H24Br2S. The van der Waals surface area contributed by atoms with Crippen LogP contribution in [0.2, 0.25) is 0 Å². The van der Waals surface area contributed by atoms with Crippen LogP contribution in [0.1, 0.15) is 72.9 Å². The van der Waals surface area contributed by atoms with Crippen molar-refractivity contribution in [3.8, 4) is 0 Å². The molecule has 3 heteroatoms. The molecule has 0 saturated carbocycles. The minimum atomic E-state index is 0.529. The van der Waals surface area contributed by atoms with Crippen LogP contribution in [0.3, 0.4) is 0 Å². The van der Waals surface area contributed by atoms with Crippen molar-refractivity contribution in [1.29, 1.82) is 0 Å². The Bertz CT molecular complexity index is 333. The van der Waals surface area contributed by atoms with Gasteiger partial charge in [0.25, 0.3) is 0 Å². The predicted octanol–water partition coefficient (Wildman–Crippen LogP) is 7.40. The number of alkyl halides is 1. The Morgan fingerprint density at radius 1 is 1.11 bits per heavy atom. The maximum Gasteiger partial charge on any atom is 0.0500 e. The Kier molecular flexibility index (Phi) is 8.86. The zero-order valence-corrected chi connectivity index (χ0v) is 15.5. The van der Waals surface area contributed by atoms with Gasteiger partial charge in [0, 0.05) is 14.2 Å². The normalized spacial score (nSPS) is 12.9. The molecule has 1 aromatic heterocycles. The standard InChI is InChI=1S/C15H24Br2S/c1-3-4-5-6-7-8-9-10-13(16)15-14(17)11-12(2)18-15/h11,13H,3-10H2,1-2H3. The Hall–Kier alpha value is 0.660. The van der Waals surface area contributed by atoms with Crippen LogP contribution in [-0.2, 0) is 0 Å². The summed E-state index contributed by atoms with van der Waals surface area (Å²) in [7, 11) is 0. The van der Waals surface area contributed by atoms with Gasteiger partial charge in [-0.05, 0) is 35.3 Å². The lowest BCUT2D eigenvalue weighted by atomic mass is 10.1. The Morgan fingerprint density at radius 2 is 1.72 bits per heavy atom. The van der Waals surface area contributed by atoms with Crippen molar-refractivity contribution in [2.45, 2.75) is 70.0 Å². The molecule has 0 bridgehead atoms. The van der Waals surface area contributed by atoms with Crippen molar-refractivity contribution in [3.05, 3.63) is 20.3 Å². The SMILES string of the molecule is CCCCCCCCCC(Br)c1sc(C)cc1Br. The van der Waals surface area contributed by atoms with Crippen LogP contribution in [-0.4, -0.2) is 0 Å². The highest BCUT2D eigenvalue weighted by Crippen LogP contribution is 2.39. The smallest absolute Gasteiger partial charge is 0.0500 e. The lowest BCUT2D eigenvalue weighted by molar-refractivity contribution is 0.575. The molecule has 0 aromatic carbocycles. The molecule has 0 saturated heterocycles. The molecule has 18 heavy (non-hydrogen) atoms. The third kappa shape index (κ3) is 6.21. The van der Waals surface area contributed by atoms with Gasteiger partial charge in [0.05, 0.1) is 4.83 Å². The van der Waals surface area contributed by atoms with Gasteiger partial charge in [0.1, 0.15) is 0 Å². The first-order valence-corrected chi connectivity index (χ1v) is 9.57. The number of aryl methyl sites for hydroxylation is 1. The highest BCUT2D eigenvalue weighted by molar-refractivity contribution is 9.11. The number of thiophene rings is 1. The highest BCUT2D eigenvalue weighted by atomic mass is 79.9. The molecule has 0 aliphatic rings. The van der Waals surface area contributed by atoms with Crippen LogP contribution in [0.5, 0.6) is 0 Å². The summed E-state index contributed by atoms with van der Waals surface area (Å²) in [6.07, 6.45) is 11.0. The molecule has 0 radical (unpaired) electrons. The molecule has 1 aromatic rings. The van der Waals surface area contributed by atoms with Crippen LogP contribution in [0.4, 0.5) is 0 Å². The van der Waals surface area contributed by atoms with E-state index in [4.69, 9.17) is 0 Å². The quantitative estimate of drug-likeness (QED) is 0.301. The van der Waals surface area contributed by atoms with Crippen LogP contribution in [0.25, 0.3) is 0 Å². The summed E-state index contributed by atoms with van der Waals surface area (Å²) in [5, 5.41) is 0. The monoisotopic (exact) mass is 394 g/mol. The van der Waals surface area contributed by atoms with Gasteiger partial charge >= 0.3 is 0 Å². The Balaban J connectivity index is 2.14. The fourth-order valence-electron chi connectivity index (χ4n) is 2.13. The van der Waals surface area contributed by atoms with Gasteiger partial charge in [-0.25, -0.2) is 0 Å². The maximum atomic E-state index is 3.82. The summed E-state index contributed by atoms with van der Waals surface area (Å²) >= 11 is 9.38. The second kappa shape index (κ2) is 9.55. The van der Waals surface area contributed by atoms with E-state index in [2.05, 4.69) is 51.8 Å². The highest BCUT2D eigenvalue weighted by Gasteiger charge is 2.13. The molecule has 0 fully saturated rings. The van der Waals surface area contributed by atoms with E-state index < -0.39 is 0 Å². The van der Waals surface area contributed by atoms with Crippen molar-refractivity contribution >= 4 is 43.2 Å². The summed E-state index contributed by atoms with van der Waals surface area (Å²) < 4.78 is 1.27. The Morgan fingerprint density at radius 3 is 2.28 bits per heavy atom.